The molecule has 0 saturated carbocycles. The van der Waals surface area contributed by atoms with Crippen molar-refractivity contribution in [3.63, 3.8) is 0 Å². The third-order valence-corrected chi connectivity index (χ3v) is 6.37. The summed E-state index contributed by atoms with van der Waals surface area (Å²) in [5, 5.41) is 16.7. The van der Waals surface area contributed by atoms with Crippen molar-refractivity contribution < 1.29 is 23.5 Å². The maximum absolute atomic E-state index is 14.1. The van der Waals surface area contributed by atoms with Gasteiger partial charge in [0.15, 0.2) is 0 Å². The van der Waals surface area contributed by atoms with E-state index >= 15 is 0 Å². The molecule has 2 unspecified atom stereocenters. The molecule has 3 heterocycles. The molecule has 2 aliphatic heterocycles. The zero-order valence-electron chi connectivity index (χ0n) is 17.0. The van der Waals surface area contributed by atoms with Gasteiger partial charge in [-0.3, -0.25) is 9.48 Å². The van der Waals surface area contributed by atoms with Crippen LogP contribution in [0.3, 0.4) is 0 Å². The zero-order chi connectivity index (χ0) is 22.4. The number of aliphatic hydroxyl groups excluding tert-OH is 1. The average molecular weight is 498 g/mol. The third-order valence-electron chi connectivity index (χ3n) is 5.77. The number of rotatable bonds is 2. The molecule has 31 heavy (non-hydrogen) atoms. The highest BCUT2D eigenvalue weighted by Crippen LogP contribution is 2.30. The van der Waals surface area contributed by atoms with Crippen LogP contribution in [0.15, 0.2) is 16.6 Å². The molecule has 0 fully saturated rings. The van der Waals surface area contributed by atoms with Crippen LogP contribution in [0.25, 0.3) is 0 Å². The Morgan fingerprint density at radius 2 is 2.06 bits per heavy atom. The predicted molar refractivity (Wildman–Crippen MR) is 112 cm³/mol. The molecule has 2 aliphatic rings. The number of aromatic nitrogens is 2. The molecule has 0 spiro atoms. The van der Waals surface area contributed by atoms with E-state index in [0.29, 0.717) is 36.8 Å². The van der Waals surface area contributed by atoms with E-state index in [4.69, 9.17) is 0 Å². The Morgan fingerprint density at radius 3 is 2.77 bits per heavy atom. The van der Waals surface area contributed by atoms with Crippen molar-refractivity contribution in [3.05, 3.63) is 45.2 Å². The Bertz CT molecular complexity index is 1060. The van der Waals surface area contributed by atoms with E-state index in [2.05, 4.69) is 26.3 Å². The van der Waals surface area contributed by atoms with Crippen molar-refractivity contribution in [2.45, 2.75) is 32.5 Å². The number of fused-ring (bicyclic) bond motifs is 3. The highest BCUT2D eigenvalue weighted by atomic mass is 79.9. The number of nitrogens with one attached hydrogen (secondary N) is 1. The lowest BCUT2D eigenvalue weighted by Gasteiger charge is -2.33. The second-order valence-corrected chi connectivity index (χ2v) is 8.90. The lowest BCUT2D eigenvalue weighted by Crippen LogP contribution is -2.45. The van der Waals surface area contributed by atoms with Crippen LogP contribution in [0.2, 0.25) is 0 Å². The van der Waals surface area contributed by atoms with Gasteiger partial charge in [0.1, 0.15) is 17.3 Å². The van der Waals surface area contributed by atoms with Gasteiger partial charge in [-0.15, -0.1) is 0 Å². The zero-order valence-corrected chi connectivity index (χ0v) is 18.6. The smallest absolute Gasteiger partial charge is 0.322 e. The molecule has 4 rings (SSSR count). The molecule has 0 bridgehead atoms. The van der Waals surface area contributed by atoms with Crippen LogP contribution < -0.4 is 5.32 Å². The monoisotopic (exact) mass is 497 g/mol. The van der Waals surface area contributed by atoms with Crippen LogP contribution in [-0.4, -0.2) is 62.9 Å². The summed E-state index contributed by atoms with van der Waals surface area (Å²) in [6.45, 7) is 2.72. The van der Waals surface area contributed by atoms with Crippen LogP contribution in [0.5, 0.6) is 0 Å². The van der Waals surface area contributed by atoms with Gasteiger partial charge in [0.2, 0.25) is 0 Å². The molecule has 0 radical (unpaired) electrons. The van der Waals surface area contributed by atoms with Gasteiger partial charge in [0.05, 0.1) is 22.4 Å². The normalized spacial score (nSPS) is 20.9. The average Bonchev–Trinajstić information content (AvgIpc) is 3.00. The van der Waals surface area contributed by atoms with E-state index < -0.39 is 17.7 Å². The van der Waals surface area contributed by atoms with Crippen LogP contribution in [0, 0.1) is 17.6 Å². The maximum Gasteiger partial charge on any atom is 0.322 e. The van der Waals surface area contributed by atoms with E-state index in [1.807, 2.05) is 6.92 Å². The predicted octanol–water partition coefficient (Wildman–Crippen LogP) is 2.60. The van der Waals surface area contributed by atoms with Crippen molar-refractivity contribution in [2.24, 2.45) is 5.92 Å². The number of nitrogens with zero attached hydrogens (tertiary/aromatic N) is 4. The molecule has 8 nitrogen and oxygen atoms in total. The Hall–Kier alpha value is -2.53. The van der Waals surface area contributed by atoms with Crippen LogP contribution >= 0.6 is 15.9 Å². The second kappa shape index (κ2) is 8.19. The first kappa shape index (κ1) is 21.7. The maximum atomic E-state index is 14.1. The first-order valence-electron chi connectivity index (χ1n) is 9.86. The van der Waals surface area contributed by atoms with Gasteiger partial charge in [-0.1, -0.05) is 0 Å². The molecule has 1 aromatic heterocycles. The summed E-state index contributed by atoms with van der Waals surface area (Å²) < 4.78 is 29.3. The largest absolute Gasteiger partial charge is 0.396 e. The molecule has 0 saturated heterocycles. The number of anilines is 1. The second-order valence-electron chi connectivity index (χ2n) is 8.05. The molecular weight excluding hydrogens is 476 g/mol. The fourth-order valence-electron chi connectivity index (χ4n) is 4.11. The molecule has 11 heteroatoms. The fraction of sp³-hybridized carbons (Fsp3) is 0.450. The molecule has 2 atom stereocenters. The van der Waals surface area contributed by atoms with E-state index in [1.165, 1.54) is 11.0 Å². The standard InChI is InChI=1S/C20H22BrF2N5O3/c1-10-3-16-12(18-19(30)26(2)6-11(9-29)7-28(18)25-16)8-27(10)20(31)24-17-4-13(21)14(22)5-15(17)23/h4-5,10-11,29H,3,6-9H2,1-2H3,(H,24,31). The van der Waals surface area contributed by atoms with Gasteiger partial charge >= 0.3 is 6.03 Å². The van der Waals surface area contributed by atoms with Crippen LogP contribution in [-0.2, 0) is 19.5 Å². The van der Waals surface area contributed by atoms with E-state index in [0.717, 1.165) is 5.69 Å². The lowest BCUT2D eigenvalue weighted by molar-refractivity contribution is 0.0761. The van der Waals surface area contributed by atoms with E-state index in [-0.39, 0.29) is 41.2 Å². The summed E-state index contributed by atoms with van der Waals surface area (Å²) >= 11 is 2.99. The number of hydrogen-bond acceptors (Lipinski definition) is 4. The van der Waals surface area contributed by atoms with E-state index in [9.17, 15) is 23.5 Å². The molecule has 1 aromatic carbocycles. The molecule has 0 aliphatic carbocycles. The summed E-state index contributed by atoms with van der Waals surface area (Å²) in [5.41, 5.74) is 1.66. The van der Waals surface area contributed by atoms with Gasteiger partial charge in [0.25, 0.3) is 5.91 Å². The molecule has 3 amide bonds. The van der Waals surface area contributed by atoms with Crippen molar-refractivity contribution in [1.82, 2.24) is 19.6 Å². The van der Waals surface area contributed by atoms with Gasteiger partial charge in [-0.2, -0.15) is 5.10 Å². The minimum Gasteiger partial charge on any atom is -0.396 e. The van der Waals surface area contributed by atoms with Crippen molar-refractivity contribution in [2.75, 3.05) is 25.5 Å². The number of halogens is 3. The van der Waals surface area contributed by atoms with Crippen molar-refractivity contribution in [3.8, 4) is 0 Å². The molecule has 166 valence electrons. The topological polar surface area (TPSA) is 90.7 Å². The quantitative estimate of drug-likeness (QED) is 0.624. The summed E-state index contributed by atoms with van der Waals surface area (Å²) in [6, 6.07) is 1.06. The summed E-state index contributed by atoms with van der Waals surface area (Å²) in [6.07, 6.45) is 0.430. The first-order valence-corrected chi connectivity index (χ1v) is 10.7. The molecular formula is C20H22BrF2N5O3. The van der Waals surface area contributed by atoms with Gasteiger partial charge in [-0.05, 0) is 28.9 Å². The third kappa shape index (κ3) is 3.91. The van der Waals surface area contributed by atoms with Crippen LogP contribution in [0.1, 0.15) is 28.7 Å². The Balaban J connectivity index is 1.63. The highest BCUT2D eigenvalue weighted by molar-refractivity contribution is 9.10. The van der Waals surface area contributed by atoms with Crippen LogP contribution in [0.4, 0.5) is 19.3 Å². The number of amides is 3. The number of aliphatic hydroxyl groups is 1. The first-order chi connectivity index (χ1) is 14.7. The number of carbonyl (C=O) groups is 2. The lowest BCUT2D eigenvalue weighted by atomic mass is 9.99. The highest BCUT2D eigenvalue weighted by Gasteiger charge is 2.37. The van der Waals surface area contributed by atoms with Gasteiger partial charge in [0, 0.05) is 56.8 Å². The minimum atomic E-state index is -0.884. The summed E-state index contributed by atoms with van der Waals surface area (Å²) in [4.78, 5) is 28.9. The Kier molecular flexibility index (Phi) is 5.73. The Morgan fingerprint density at radius 1 is 1.32 bits per heavy atom. The number of hydrogen-bond donors (Lipinski definition) is 2. The van der Waals surface area contributed by atoms with Gasteiger partial charge < -0.3 is 20.2 Å². The minimum absolute atomic E-state index is 0.0344. The van der Waals surface area contributed by atoms with Crippen molar-refractivity contribution in [1.29, 1.82) is 0 Å². The Labute approximate surface area is 185 Å². The number of urea groups is 1. The summed E-state index contributed by atoms with van der Waals surface area (Å²) in [5.74, 6) is -2.00. The van der Waals surface area contributed by atoms with Crippen molar-refractivity contribution >= 4 is 33.6 Å². The molecule has 2 aromatic rings. The van der Waals surface area contributed by atoms with Gasteiger partial charge in [-0.25, -0.2) is 13.6 Å². The number of benzene rings is 1. The number of carbonyl (C=O) groups excluding carboxylic acids is 2. The summed E-state index contributed by atoms with van der Waals surface area (Å²) in [7, 11) is 1.67. The molecule has 2 N–H and O–H groups in total. The fourth-order valence-corrected chi connectivity index (χ4v) is 4.46. The SMILES string of the molecule is CC1Cc2nn3c(c2CN1C(=O)Nc1cc(Br)c(F)cc1F)C(=O)N(C)CC(CO)C3. The van der Waals surface area contributed by atoms with E-state index in [1.54, 1.807) is 16.6 Å².